The van der Waals surface area contributed by atoms with Gasteiger partial charge in [0.05, 0.1) is 13.1 Å². The van der Waals surface area contributed by atoms with Gasteiger partial charge in [-0.1, -0.05) is 400 Å². The number of carboxylic acid groups (broad SMARTS) is 1. The van der Waals surface area contributed by atoms with Gasteiger partial charge in [-0.25, -0.2) is 5.01 Å². The maximum atomic E-state index is 11.1. The Bertz CT molecular complexity index is 954. The molecule has 0 spiro atoms. The van der Waals surface area contributed by atoms with Gasteiger partial charge >= 0.3 is 0 Å². The lowest BCUT2D eigenvalue weighted by molar-refractivity contribution is -0.655. The molecule has 0 atom stereocenters. The van der Waals surface area contributed by atoms with Gasteiger partial charge in [-0.15, -0.1) is 0 Å². The second-order valence-corrected chi connectivity index (χ2v) is 25.5. The third kappa shape index (κ3) is 77.3. The van der Waals surface area contributed by atoms with Crippen molar-refractivity contribution in [2.45, 2.75) is 439 Å². The highest BCUT2D eigenvalue weighted by atomic mass is 16.4. The Labute approximate surface area is 494 Å². The standard InChI is InChI=1S/C37H76N2O2.C36H75N/c1-3-5-7-9-11-13-15-17-19-21-23-25-27-29-31-33-35-39(38-37(40)41)36-34-32-30-28-26-24-22-20-18-16-14-12-10-8-6-4-2;1-3-5-7-9-11-13-15-17-19-21-23-25-27-29-31-33-35-37-36-34-32-30-28-26-24-22-20-18-16-14-12-10-8-6-4-2/h38H,3-36H2,1-2H3,(H,40,41);37H,3-36H2,1-2H3. The predicted molar refractivity (Wildman–Crippen MR) is 350 cm³/mol. The SMILES string of the molecule is CCCCCCCCCCCCCCCCCCN(CCCCCCCCCCCCCCCCCC)NC(=O)[O-].CCCCCCCCCCCCCCCCCC[NH2+]CCCCCCCCCCCCCCCCCC. The van der Waals surface area contributed by atoms with Crippen molar-refractivity contribution in [1.29, 1.82) is 0 Å². The molecule has 0 aliphatic carbocycles. The number of nitrogens with zero attached hydrogens (tertiary/aromatic N) is 1. The highest BCUT2D eigenvalue weighted by molar-refractivity contribution is 5.61. The largest absolute Gasteiger partial charge is 0.529 e. The molecule has 1 amide bonds. The van der Waals surface area contributed by atoms with Crippen LogP contribution in [0.4, 0.5) is 4.79 Å². The van der Waals surface area contributed by atoms with E-state index in [0.29, 0.717) is 0 Å². The van der Waals surface area contributed by atoms with Crippen molar-refractivity contribution in [3.63, 3.8) is 0 Å². The van der Waals surface area contributed by atoms with Crippen molar-refractivity contribution in [3.05, 3.63) is 0 Å². The molecule has 0 aromatic rings. The van der Waals surface area contributed by atoms with Crippen molar-refractivity contribution in [1.82, 2.24) is 10.4 Å². The molecule has 0 aromatic heterocycles. The lowest BCUT2D eigenvalue weighted by Crippen LogP contribution is -2.84. The summed E-state index contributed by atoms with van der Waals surface area (Å²) in [7, 11) is 0. The van der Waals surface area contributed by atoms with E-state index in [1.165, 1.54) is 411 Å². The number of carbonyl (C=O) groups excluding carboxylic acids is 1. The lowest BCUT2D eigenvalue weighted by Gasteiger charge is -2.24. The average Bonchev–Trinajstić information content (AvgIpc) is 3.44. The molecule has 78 heavy (non-hydrogen) atoms. The summed E-state index contributed by atoms with van der Waals surface area (Å²) in [6.07, 6.45) is 89.4. The number of carbonyl (C=O) groups is 1. The van der Waals surface area contributed by atoms with E-state index >= 15 is 0 Å². The summed E-state index contributed by atoms with van der Waals surface area (Å²) < 4.78 is 0. The molecule has 0 aromatic carbocycles. The van der Waals surface area contributed by atoms with E-state index in [1.54, 1.807) is 0 Å². The molecule has 470 valence electrons. The summed E-state index contributed by atoms with van der Waals surface area (Å²) in [4.78, 5) is 11.1. The highest BCUT2D eigenvalue weighted by Crippen LogP contribution is 2.18. The van der Waals surface area contributed by atoms with Crippen LogP contribution in [0.15, 0.2) is 0 Å². The number of nitrogens with two attached hydrogens (primary N) is 1. The van der Waals surface area contributed by atoms with Crippen molar-refractivity contribution < 1.29 is 15.2 Å². The summed E-state index contributed by atoms with van der Waals surface area (Å²) in [6.45, 7) is 13.6. The van der Waals surface area contributed by atoms with Crippen LogP contribution in [-0.2, 0) is 0 Å². The van der Waals surface area contributed by atoms with Crippen molar-refractivity contribution in [3.8, 4) is 0 Å². The van der Waals surface area contributed by atoms with E-state index in [2.05, 4.69) is 38.4 Å². The van der Waals surface area contributed by atoms with Crippen LogP contribution >= 0.6 is 0 Å². The van der Waals surface area contributed by atoms with Gasteiger partial charge in [0.25, 0.3) is 0 Å². The Morgan fingerprint density at radius 2 is 0.385 bits per heavy atom. The van der Waals surface area contributed by atoms with E-state index in [9.17, 15) is 9.90 Å². The third-order valence-electron chi connectivity index (χ3n) is 17.3. The van der Waals surface area contributed by atoms with Gasteiger partial charge < -0.3 is 20.6 Å². The van der Waals surface area contributed by atoms with Crippen LogP contribution in [0.2, 0.25) is 0 Å². The molecule has 0 bridgehead atoms. The van der Waals surface area contributed by atoms with Gasteiger partial charge in [0, 0.05) is 13.1 Å². The monoisotopic (exact) mass is 1100 g/mol. The minimum atomic E-state index is -1.17. The summed E-state index contributed by atoms with van der Waals surface area (Å²) >= 11 is 0. The lowest BCUT2D eigenvalue weighted by atomic mass is 10.0. The first-order chi connectivity index (χ1) is 38.6. The quantitative estimate of drug-likeness (QED) is 0.0471. The van der Waals surface area contributed by atoms with Crippen LogP contribution < -0.4 is 15.8 Å². The van der Waals surface area contributed by atoms with E-state index in [4.69, 9.17) is 0 Å². The zero-order valence-corrected chi connectivity index (χ0v) is 54.9. The molecule has 5 heteroatoms. The van der Waals surface area contributed by atoms with E-state index in [1.807, 2.05) is 5.01 Å². The zero-order valence-electron chi connectivity index (χ0n) is 54.9. The number of hydrogen-bond donors (Lipinski definition) is 2. The molecule has 0 saturated carbocycles. The number of nitrogens with one attached hydrogen (secondary N) is 1. The van der Waals surface area contributed by atoms with Gasteiger partial charge in [-0.05, 0) is 38.5 Å². The Balaban J connectivity index is 0. The summed E-state index contributed by atoms with van der Waals surface area (Å²) in [5.74, 6) is 0. The molecule has 0 aliphatic rings. The van der Waals surface area contributed by atoms with Crippen LogP contribution in [0, 0.1) is 0 Å². The van der Waals surface area contributed by atoms with Crippen LogP contribution in [-0.4, -0.2) is 37.3 Å². The van der Waals surface area contributed by atoms with Crippen LogP contribution in [0.1, 0.15) is 439 Å². The molecule has 0 heterocycles. The number of hydrogen-bond acceptors (Lipinski definition) is 3. The Kier molecular flexibility index (Phi) is 77.4. The zero-order chi connectivity index (χ0) is 56.7. The van der Waals surface area contributed by atoms with Gasteiger partial charge in [-0.3, -0.25) is 0 Å². The third-order valence-corrected chi connectivity index (χ3v) is 17.3. The number of amides is 1. The summed E-state index contributed by atoms with van der Waals surface area (Å²) in [5.41, 5.74) is 2.52. The molecule has 0 unspecified atom stereocenters. The van der Waals surface area contributed by atoms with Gasteiger partial charge in [0.15, 0.2) is 0 Å². The van der Waals surface area contributed by atoms with E-state index in [-0.39, 0.29) is 0 Å². The number of unbranched alkanes of at least 4 members (excludes halogenated alkanes) is 60. The first-order valence-corrected chi connectivity index (χ1v) is 37.2. The summed E-state index contributed by atoms with van der Waals surface area (Å²) in [6, 6.07) is 0. The topological polar surface area (TPSA) is 72.0 Å². The number of rotatable bonds is 69. The Morgan fingerprint density at radius 3 is 0.538 bits per heavy atom. The second-order valence-electron chi connectivity index (χ2n) is 25.5. The minimum Gasteiger partial charge on any atom is -0.529 e. The fraction of sp³-hybridized carbons (Fsp3) is 0.986. The maximum Gasteiger partial charge on any atom is 0.149 e. The molecule has 0 rings (SSSR count). The van der Waals surface area contributed by atoms with Crippen LogP contribution in [0.3, 0.4) is 0 Å². The van der Waals surface area contributed by atoms with Crippen LogP contribution in [0.25, 0.3) is 0 Å². The predicted octanol–water partition coefficient (Wildman–Crippen LogP) is 23.7. The first-order valence-electron chi connectivity index (χ1n) is 37.2. The minimum absolute atomic E-state index is 0.811. The molecule has 0 fully saturated rings. The average molecular weight is 1100 g/mol. The van der Waals surface area contributed by atoms with Gasteiger partial charge in [0.2, 0.25) is 0 Å². The second kappa shape index (κ2) is 76.2. The van der Waals surface area contributed by atoms with E-state index in [0.717, 1.165) is 25.9 Å². The number of quaternary nitrogens is 1. The van der Waals surface area contributed by atoms with Crippen molar-refractivity contribution >= 4 is 6.09 Å². The van der Waals surface area contributed by atoms with Crippen molar-refractivity contribution in [2.24, 2.45) is 0 Å². The smallest absolute Gasteiger partial charge is 0.149 e. The highest BCUT2D eigenvalue weighted by Gasteiger charge is 2.05. The van der Waals surface area contributed by atoms with Crippen LogP contribution in [0.5, 0.6) is 0 Å². The Hall–Kier alpha value is -0.810. The normalized spacial score (nSPS) is 11.5. The van der Waals surface area contributed by atoms with Gasteiger partial charge in [-0.2, -0.15) is 0 Å². The fourth-order valence-corrected chi connectivity index (χ4v) is 11.9. The fourth-order valence-electron chi connectivity index (χ4n) is 11.9. The molecule has 0 aliphatic heterocycles. The first kappa shape index (κ1) is 79.3. The van der Waals surface area contributed by atoms with E-state index < -0.39 is 6.09 Å². The maximum absolute atomic E-state index is 11.1. The molecular weight excluding hydrogens is 951 g/mol. The molecule has 0 saturated heterocycles. The molecule has 3 N–H and O–H groups in total. The molecule has 0 radical (unpaired) electrons. The van der Waals surface area contributed by atoms with Gasteiger partial charge in [0.1, 0.15) is 6.09 Å². The molecular formula is C73H151N3O2. The Morgan fingerprint density at radius 1 is 0.244 bits per heavy atom. The molecule has 5 nitrogen and oxygen atoms in total. The summed E-state index contributed by atoms with van der Waals surface area (Å²) in [5, 5.41) is 15.6. The number of hydrazine groups is 1. The van der Waals surface area contributed by atoms with Crippen molar-refractivity contribution in [2.75, 3.05) is 26.2 Å².